The van der Waals surface area contributed by atoms with Gasteiger partial charge in [-0.3, -0.25) is 0 Å². The van der Waals surface area contributed by atoms with Crippen LogP contribution in [0.5, 0.6) is 0 Å². The third-order valence-corrected chi connectivity index (χ3v) is 22.3. The number of sulfone groups is 6. The van der Waals surface area contributed by atoms with Crippen LogP contribution in [0.1, 0.15) is 306 Å². The van der Waals surface area contributed by atoms with Crippen molar-refractivity contribution in [2.45, 2.75) is 221 Å². The third-order valence-electron chi connectivity index (χ3n) is 16.4. The minimum absolute atomic E-state index is 0.00287. The standard InChI is InChI=1S/6C15H23NO2S/c6*1-3-9-16-10-5-7-14(12-16)13-6-4-8-15(11-13)19(2,17)18/h6*4,6,8,11,14H,3,5,7,9-10,12H2,1-2H3/t6*14-/m111111/s1/i3D2,5D2,7D2,9D2,10D2,12D2,14D;5D2,7D2,9D2,10D2,12D2,14D;2D3,5D2,7D2,10D2,12D2,14D;5D2,7D2,10D2,12D2,14D;2D3,3D2,9D2,12D2;2D3,9D2. The highest BCUT2D eigenvalue weighted by molar-refractivity contribution is 7.92. The van der Waals surface area contributed by atoms with Gasteiger partial charge in [0.15, 0.2) is 59.0 Å². The zero-order valence-corrected chi connectivity index (χ0v) is 69.1. The number of rotatable bonds is 24. The molecule has 6 fully saturated rings. The Balaban J connectivity index is 0.000000278. The van der Waals surface area contributed by atoms with Gasteiger partial charge in [-0.2, -0.15) is 0 Å². The molecule has 6 aliphatic heterocycles. The van der Waals surface area contributed by atoms with E-state index >= 15 is 0 Å². The number of likely N-dealkylation sites (tertiary alicyclic amines) is 6. The zero-order chi connectivity index (χ0) is 136. The van der Waals surface area contributed by atoms with Crippen LogP contribution in [0.3, 0.4) is 0 Å². The van der Waals surface area contributed by atoms with Crippen LogP contribution in [-0.2, 0) is 59.0 Å². The molecule has 12 rings (SSSR count). The first-order chi connectivity index (χ1) is 76.4. The Hall–Kier alpha value is -5.22. The van der Waals surface area contributed by atoms with Gasteiger partial charge < -0.3 is 29.4 Å². The quantitative estimate of drug-likeness (QED) is 0.0549. The fraction of sp³-hybridized carbons (Fsp3) is 0.600. The average Bonchev–Trinajstić information content (AvgIpc) is 0.594. The Morgan fingerprint density at radius 2 is 0.623 bits per heavy atom. The lowest BCUT2D eigenvalue weighted by Crippen LogP contribution is -2.34. The van der Waals surface area contributed by atoms with Crippen molar-refractivity contribution in [3.05, 3.63) is 179 Å². The Kier molecular flexibility index (Phi) is 17.0. The van der Waals surface area contributed by atoms with E-state index in [1.54, 1.807) is 37.8 Å². The predicted molar refractivity (Wildman–Crippen MR) is 470 cm³/mol. The SMILES string of the molecule is [2H]C([2H])(C)C([2H])([2H])N1C([2H])([2H])C([2H])([2H])C([2H])([2H])[C@@]([2H])(c2cccc(S(C)(=O)=O)c2)C1([2H])[2H].[2H]C([2H])(CC)N1C([2H])([2H])C([2H])([2H])C([2H])([2H])[C@@]([2H])(c2cccc(S(C)(=O)=O)c2)C1([2H])[2H].[2H]C([2H])(CC)N1CCC[C@@H](c2cccc(S(=O)(=O)C([2H])([2H])[2H])c2)C1.[2H]C1([2H])N(CCC)C([2H])([2H])[C@]([2H])(c2cccc(S(=O)(=O)C([2H])([2H])[2H])c2)C([2H])([2H])C1([2H])[2H].[2H]C1([2H])N(CCC)C([2H])([2H])[C@]([2H])(c2cccc(S(C)(=O)=O)c2)C([2H])([2H])C1([2H])[2H].[2H]C1([2H])[C@H](c2cccc(S(=O)(=O)C([2H])([2H])[2H])c2)CCCN1C([2H])([2H])C([2H])([2H])C. The first-order valence-electron chi connectivity index (χ1n) is 65.1. The summed E-state index contributed by atoms with van der Waals surface area (Å²) < 4.78 is 624. The first kappa shape index (κ1) is 41.8. The molecule has 0 aromatic heterocycles. The molecule has 0 bridgehead atoms. The van der Waals surface area contributed by atoms with Crippen LogP contribution in [0.4, 0.5) is 0 Å². The molecular formula is C90H138N6O12S6. The molecule has 636 valence electrons. The monoisotopic (exact) mass is 1750 g/mol. The summed E-state index contributed by atoms with van der Waals surface area (Å²) in [6.07, 6.45) is -38.0. The van der Waals surface area contributed by atoms with Crippen molar-refractivity contribution in [3.8, 4) is 0 Å². The Morgan fingerprint density at radius 1 is 0.342 bits per heavy atom. The van der Waals surface area contributed by atoms with E-state index in [4.69, 9.17) is 80.9 Å². The van der Waals surface area contributed by atoms with Crippen molar-refractivity contribution in [1.29, 1.82) is 0 Å². The van der Waals surface area contributed by atoms with Crippen LogP contribution in [0.25, 0.3) is 0 Å². The van der Waals surface area contributed by atoms with Crippen molar-refractivity contribution < 1.29 is 131 Å². The Morgan fingerprint density at radius 3 is 0.956 bits per heavy atom. The number of benzene rings is 6. The second-order valence-corrected chi connectivity index (χ2v) is 35.9. The lowest BCUT2D eigenvalue weighted by Gasteiger charge is -2.32. The minimum Gasteiger partial charge on any atom is -0.303 e. The van der Waals surface area contributed by atoms with E-state index in [9.17, 15) is 50.5 Å². The molecule has 6 saturated heterocycles. The summed E-state index contributed by atoms with van der Waals surface area (Å²) in [4.78, 5) is 0.552. The molecule has 6 atom stereocenters. The predicted octanol–water partition coefficient (Wildman–Crippen LogP) is 16.1. The molecule has 0 unspecified atom stereocenters. The van der Waals surface area contributed by atoms with E-state index in [1.807, 2.05) is 0 Å². The number of hydrogen-bond acceptors (Lipinski definition) is 18. The molecule has 0 aliphatic carbocycles. The normalized spacial score (nSPS) is 40.3. The van der Waals surface area contributed by atoms with Gasteiger partial charge in [0.25, 0.3) is 0 Å². The van der Waals surface area contributed by atoms with Crippen LogP contribution in [-0.4, -0.2) is 234 Å². The summed E-state index contributed by atoms with van der Waals surface area (Å²) in [6, 6.07) is 27.3. The van der Waals surface area contributed by atoms with Crippen molar-refractivity contribution in [2.75, 3.05) is 155 Å². The van der Waals surface area contributed by atoms with Crippen LogP contribution < -0.4 is 0 Å². The highest BCUT2D eigenvalue weighted by Gasteiger charge is 2.29. The van der Waals surface area contributed by atoms with Crippen molar-refractivity contribution >= 4 is 59.0 Å². The van der Waals surface area contributed by atoms with Crippen LogP contribution in [0.2, 0.25) is 0 Å². The van der Waals surface area contributed by atoms with Crippen molar-refractivity contribution in [2.24, 2.45) is 0 Å². The molecule has 0 saturated carbocycles. The molecule has 0 spiro atoms. The molecule has 18 nitrogen and oxygen atoms in total. The summed E-state index contributed by atoms with van der Waals surface area (Å²) in [6.45, 7) is -30.9. The van der Waals surface area contributed by atoms with Crippen molar-refractivity contribution in [3.63, 3.8) is 0 Å². The lowest BCUT2D eigenvalue weighted by atomic mass is 9.90. The van der Waals surface area contributed by atoms with Gasteiger partial charge in [0, 0.05) is 157 Å². The van der Waals surface area contributed by atoms with Gasteiger partial charge in [0.2, 0.25) is 0 Å². The number of piperidine rings is 6. The number of nitrogens with zero attached hydrogens (tertiary/aromatic N) is 6. The number of hydrogen-bond donors (Lipinski definition) is 0. The Bertz CT molecular complexity index is 7570. The van der Waals surface area contributed by atoms with Crippen molar-refractivity contribution in [1.82, 2.24) is 29.4 Å². The smallest absolute Gasteiger partial charge is 0.175 e. The van der Waals surface area contributed by atoms with Gasteiger partial charge in [-0.05, 0) is 335 Å². The van der Waals surface area contributed by atoms with E-state index in [1.165, 1.54) is 49.4 Å². The highest BCUT2D eigenvalue weighted by Crippen LogP contribution is 2.35. The third kappa shape index (κ3) is 32.1. The second-order valence-electron chi connectivity index (χ2n) is 25.5. The summed E-state index contributed by atoms with van der Waals surface area (Å²) in [7, 11) is -25.4. The van der Waals surface area contributed by atoms with Gasteiger partial charge >= 0.3 is 0 Å². The topological polar surface area (TPSA) is 224 Å². The summed E-state index contributed by atoms with van der Waals surface area (Å²) >= 11 is 0. The summed E-state index contributed by atoms with van der Waals surface area (Å²) in [5.74, 6) is -13.8. The second kappa shape index (κ2) is 46.4. The molecule has 6 aromatic rings. The largest absolute Gasteiger partial charge is 0.303 e. The summed E-state index contributed by atoms with van der Waals surface area (Å²) in [5, 5.41) is 0. The van der Waals surface area contributed by atoms with Gasteiger partial charge in [-0.15, -0.1) is 0 Å². The molecule has 114 heavy (non-hydrogen) atoms. The van der Waals surface area contributed by atoms with E-state index in [0.29, 0.717) is 48.7 Å². The molecular weight excluding hydrogens is 1550 g/mol. The summed E-state index contributed by atoms with van der Waals surface area (Å²) in [5.41, 5.74) is -1.28. The van der Waals surface area contributed by atoms with E-state index in [-0.39, 0.29) is 75.5 Å². The lowest BCUT2D eigenvalue weighted by molar-refractivity contribution is 0.208. The van der Waals surface area contributed by atoms with Gasteiger partial charge in [0.1, 0.15) is 0 Å². The molecule has 6 heterocycles. The van der Waals surface area contributed by atoms with Crippen LogP contribution in [0.15, 0.2) is 175 Å². The first-order valence-corrected chi connectivity index (χ1v) is 45.7. The molecule has 6 aromatic carbocycles. The molecule has 0 radical (unpaired) electrons. The van der Waals surface area contributed by atoms with E-state index < -0.39 is 298 Å². The average molecular weight is 1750 g/mol. The molecule has 0 N–H and O–H groups in total. The fourth-order valence-corrected chi connectivity index (χ4v) is 14.7. The van der Waals surface area contributed by atoms with E-state index in [2.05, 4.69) is 0 Å². The zero-order valence-electron chi connectivity index (χ0n) is 123. The molecule has 6 aliphatic rings. The van der Waals surface area contributed by atoms with Gasteiger partial charge in [0.05, 0.1) is 29.4 Å². The maximum atomic E-state index is 12.4. The van der Waals surface area contributed by atoms with Crippen LogP contribution >= 0.6 is 0 Å². The van der Waals surface area contributed by atoms with E-state index in [0.717, 1.165) is 134 Å². The highest BCUT2D eigenvalue weighted by atomic mass is 32.2. The molecule has 24 heteroatoms. The minimum atomic E-state index is -4.92. The fourth-order valence-electron chi connectivity index (χ4n) is 11.1. The van der Waals surface area contributed by atoms with Gasteiger partial charge in [-0.1, -0.05) is 114 Å². The maximum Gasteiger partial charge on any atom is 0.175 e. The Labute approximate surface area is 773 Å². The maximum absolute atomic E-state index is 12.4. The molecule has 0 amide bonds. The van der Waals surface area contributed by atoms with Crippen LogP contribution in [0, 0.1) is 0 Å². The van der Waals surface area contributed by atoms with Gasteiger partial charge in [-0.25, -0.2) is 50.5 Å².